The number of aryl methyl sites for hydroxylation is 2. The lowest BCUT2D eigenvalue weighted by molar-refractivity contribution is 0.475. The number of aromatic nitrogens is 4. The molecule has 0 aliphatic rings. The molecule has 4 nitrogen and oxygen atoms in total. The molecule has 1 atom stereocenters. The van der Waals surface area contributed by atoms with Crippen molar-refractivity contribution in [3.8, 4) is 0 Å². The Morgan fingerprint density at radius 2 is 2.05 bits per heavy atom. The number of hydrogen-bond donors (Lipinski definition) is 1. The number of fused-ring (bicyclic) bond motifs is 1. The van der Waals surface area contributed by atoms with E-state index in [1.54, 1.807) is 0 Å². The number of H-pyrrole nitrogens is 1. The van der Waals surface area contributed by atoms with Gasteiger partial charge in [0.15, 0.2) is 10.4 Å². The average Bonchev–Trinajstić information content (AvgIpc) is 2.86. The molecule has 2 rings (SSSR count). The SMILES string of the molecule is CCCCCC(C)n1c(=S)[nH]c2c(CC)nn(C)c21. The first-order chi connectivity index (χ1) is 9.10. The van der Waals surface area contributed by atoms with Gasteiger partial charge in [-0.2, -0.15) is 5.10 Å². The van der Waals surface area contributed by atoms with Gasteiger partial charge in [0.1, 0.15) is 5.52 Å². The lowest BCUT2D eigenvalue weighted by Crippen LogP contribution is -2.08. The van der Waals surface area contributed by atoms with Crippen LogP contribution < -0.4 is 0 Å². The molecule has 2 aromatic heterocycles. The number of unbranched alkanes of at least 4 members (excludes halogenated alkanes) is 2. The first-order valence-corrected chi connectivity index (χ1v) is 7.67. The monoisotopic (exact) mass is 280 g/mol. The van der Waals surface area contributed by atoms with Crippen LogP contribution in [0, 0.1) is 4.77 Å². The maximum atomic E-state index is 5.50. The van der Waals surface area contributed by atoms with E-state index in [4.69, 9.17) is 12.2 Å². The molecular formula is C14H24N4S. The zero-order valence-corrected chi connectivity index (χ0v) is 13.2. The molecule has 0 amide bonds. The fraction of sp³-hybridized carbons (Fsp3) is 0.714. The summed E-state index contributed by atoms with van der Waals surface area (Å²) in [5, 5.41) is 4.57. The van der Waals surface area contributed by atoms with Gasteiger partial charge in [0.25, 0.3) is 0 Å². The first kappa shape index (κ1) is 14.3. The smallest absolute Gasteiger partial charge is 0.179 e. The van der Waals surface area contributed by atoms with E-state index in [0.717, 1.165) is 28.0 Å². The lowest BCUT2D eigenvalue weighted by Gasteiger charge is -2.14. The molecule has 0 spiro atoms. The van der Waals surface area contributed by atoms with Crippen LogP contribution in [0.4, 0.5) is 0 Å². The largest absolute Gasteiger partial charge is 0.328 e. The highest BCUT2D eigenvalue weighted by atomic mass is 32.1. The molecule has 0 saturated carbocycles. The summed E-state index contributed by atoms with van der Waals surface area (Å²) in [6, 6.07) is 0.424. The summed E-state index contributed by atoms with van der Waals surface area (Å²) in [6.07, 6.45) is 5.90. The van der Waals surface area contributed by atoms with Crippen LogP contribution in [0.15, 0.2) is 0 Å². The Hall–Kier alpha value is -1.10. The molecule has 5 heteroatoms. The van der Waals surface area contributed by atoms with E-state index in [1.165, 1.54) is 25.7 Å². The number of nitrogens with one attached hydrogen (secondary N) is 1. The average molecular weight is 280 g/mol. The minimum absolute atomic E-state index is 0.424. The van der Waals surface area contributed by atoms with E-state index in [2.05, 4.69) is 35.4 Å². The van der Waals surface area contributed by atoms with Crippen molar-refractivity contribution in [2.45, 2.75) is 58.9 Å². The third-order valence-corrected chi connectivity index (χ3v) is 4.07. The molecule has 0 aromatic carbocycles. The van der Waals surface area contributed by atoms with Crippen molar-refractivity contribution in [2.24, 2.45) is 7.05 Å². The highest BCUT2D eigenvalue weighted by molar-refractivity contribution is 7.71. The second-order valence-corrected chi connectivity index (χ2v) is 5.65. The van der Waals surface area contributed by atoms with E-state index in [0.29, 0.717) is 6.04 Å². The van der Waals surface area contributed by atoms with Crippen LogP contribution in [-0.2, 0) is 13.5 Å². The fourth-order valence-corrected chi connectivity index (χ4v) is 3.08. The summed E-state index contributed by atoms with van der Waals surface area (Å²) in [4.78, 5) is 3.33. The third kappa shape index (κ3) is 2.61. The highest BCUT2D eigenvalue weighted by Crippen LogP contribution is 2.24. The summed E-state index contributed by atoms with van der Waals surface area (Å²) in [5.74, 6) is 0. The van der Waals surface area contributed by atoms with Gasteiger partial charge in [-0.05, 0) is 32.0 Å². The second-order valence-electron chi connectivity index (χ2n) is 5.27. The van der Waals surface area contributed by atoms with Crippen LogP contribution in [0.5, 0.6) is 0 Å². The van der Waals surface area contributed by atoms with Gasteiger partial charge in [-0.25, -0.2) is 0 Å². The zero-order chi connectivity index (χ0) is 14.0. The number of imidazole rings is 1. The highest BCUT2D eigenvalue weighted by Gasteiger charge is 2.17. The molecular weight excluding hydrogens is 256 g/mol. The summed E-state index contributed by atoms with van der Waals surface area (Å²) in [7, 11) is 2.00. The zero-order valence-electron chi connectivity index (χ0n) is 12.4. The van der Waals surface area contributed by atoms with Gasteiger partial charge in [0.05, 0.1) is 5.69 Å². The van der Waals surface area contributed by atoms with Gasteiger partial charge in [-0.3, -0.25) is 9.25 Å². The maximum Gasteiger partial charge on any atom is 0.179 e. The summed E-state index contributed by atoms with van der Waals surface area (Å²) >= 11 is 5.50. The Bertz CT molecular complexity index is 605. The minimum Gasteiger partial charge on any atom is -0.328 e. The van der Waals surface area contributed by atoms with Crippen molar-refractivity contribution in [2.75, 3.05) is 0 Å². The Balaban J connectivity index is 2.39. The van der Waals surface area contributed by atoms with Gasteiger partial charge in [0.2, 0.25) is 0 Å². The third-order valence-electron chi connectivity index (χ3n) is 3.77. The molecule has 2 heterocycles. The van der Waals surface area contributed by atoms with Crippen molar-refractivity contribution >= 4 is 23.4 Å². The summed E-state index contributed by atoms with van der Waals surface area (Å²) < 4.78 is 5.00. The molecule has 0 radical (unpaired) electrons. The predicted octanol–water partition coefficient (Wildman–Crippen LogP) is 4.14. The summed E-state index contributed by atoms with van der Waals surface area (Å²) in [6.45, 7) is 6.61. The van der Waals surface area contributed by atoms with Crippen LogP contribution in [0.25, 0.3) is 11.2 Å². The van der Waals surface area contributed by atoms with Crippen molar-refractivity contribution in [3.05, 3.63) is 10.5 Å². The van der Waals surface area contributed by atoms with Gasteiger partial charge in [-0.15, -0.1) is 0 Å². The van der Waals surface area contributed by atoms with E-state index in [1.807, 2.05) is 11.7 Å². The van der Waals surface area contributed by atoms with Gasteiger partial charge in [-0.1, -0.05) is 33.1 Å². The van der Waals surface area contributed by atoms with Crippen molar-refractivity contribution in [1.29, 1.82) is 0 Å². The van der Waals surface area contributed by atoms with Crippen molar-refractivity contribution in [1.82, 2.24) is 19.3 Å². The van der Waals surface area contributed by atoms with Crippen LogP contribution >= 0.6 is 12.2 Å². The Morgan fingerprint density at radius 3 is 2.68 bits per heavy atom. The second kappa shape index (κ2) is 5.90. The lowest BCUT2D eigenvalue weighted by atomic mass is 10.1. The van der Waals surface area contributed by atoms with Crippen LogP contribution in [0.3, 0.4) is 0 Å². The molecule has 106 valence electrons. The molecule has 0 aliphatic heterocycles. The first-order valence-electron chi connectivity index (χ1n) is 7.26. The summed E-state index contributed by atoms with van der Waals surface area (Å²) in [5.41, 5.74) is 3.34. The molecule has 0 fully saturated rings. The normalized spacial score (nSPS) is 13.3. The van der Waals surface area contributed by atoms with Crippen LogP contribution in [0.2, 0.25) is 0 Å². The quantitative estimate of drug-likeness (QED) is 0.638. The molecule has 1 N–H and O–H groups in total. The molecule has 1 unspecified atom stereocenters. The molecule has 0 aliphatic carbocycles. The molecule has 2 aromatic rings. The van der Waals surface area contributed by atoms with E-state index in [-0.39, 0.29) is 0 Å². The van der Waals surface area contributed by atoms with E-state index >= 15 is 0 Å². The van der Waals surface area contributed by atoms with Gasteiger partial charge < -0.3 is 4.98 Å². The molecule has 0 saturated heterocycles. The van der Waals surface area contributed by atoms with Crippen LogP contribution in [0.1, 0.15) is 58.2 Å². The van der Waals surface area contributed by atoms with Crippen molar-refractivity contribution in [3.63, 3.8) is 0 Å². The molecule has 19 heavy (non-hydrogen) atoms. The van der Waals surface area contributed by atoms with E-state index < -0.39 is 0 Å². The topological polar surface area (TPSA) is 38.5 Å². The number of rotatable bonds is 6. The predicted molar refractivity (Wildman–Crippen MR) is 82.1 cm³/mol. The van der Waals surface area contributed by atoms with Gasteiger partial charge >= 0.3 is 0 Å². The standard InChI is InChI=1S/C14H24N4S/c1-5-7-8-9-10(3)18-13-12(15-14(18)19)11(6-2)16-17(13)4/h10H,5-9H2,1-4H3,(H,15,19). The minimum atomic E-state index is 0.424. The Kier molecular flexibility index (Phi) is 4.45. The Labute approximate surface area is 119 Å². The number of aromatic amines is 1. The van der Waals surface area contributed by atoms with Crippen molar-refractivity contribution < 1.29 is 0 Å². The fourth-order valence-electron chi connectivity index (χ4n) is 2.71. The van der Waals surface area contributed by atoms with Gasteiger partial charge in [0, 0.05) is 13.1 Å². The Morgan fingerprint density at radius 1 is 1.32 bits per heavy atom. The number of hydrogen-bond acceptors (Lipinski definition) is 2. The maximum absolute atomic E-state index is 5.50. The van der Waals surface area contributed by atoms with Crippen LogP contribution in [-0.4, -0.2) is 19.3 Å². The molecule has 0 bridgehead atoms. The van der Waals surface area contributed by atoms with E-state index in [9.17, 15) is 0 Å². The number of nitrogens with zero attached hydrogens (tertiary/aromatic N) is 3.